The average molecular weight is 326 g/mol. The van der Waals surface area contributed by atoms with Gasteiger partial charge in [-0.05, 0) is 36.8 Å². The van der Waals surface area contributed by atoms with Crippen LogP contribution in [0.1, 0.15) is 10.4 Å². The minimum atomic E-state index is -3.81. The summed E-state index contributed by atoms with van der Waals surface area (Å²) < 4.78 is 33.9. The Kier molecular flexibility index (Phi) is 4.64. The number of hydrogen-bond acceptors (Lipinski definition) is 6. The molecule has 0 atom stereocenters. The molecule has 1 aromatic heterocycles. The van der Waals surface area contributed by atoms with E-state index in [0.717, 1.165) is 21.8 Å². The van der Waals surface area contributed by atoms with Crippen LogP contribution >= 0.6 is 11.3 Å². The highest BCUT2D eigenvalue weighted by atomic mass is 32.3. The largest absolute Gasteiger partial charge is 0.469 e. The van der Waals surface area contributed by atoms with Crippen LogP contribution in [0.25, 0.3) is 0 Å². The van der Waals surface area contributed by atoms with Gasteiger partial charge in [0.2, 0.25) is 0 Å². The molecule has 0 saturated heterocycles. The Balaban J connectivity index is 2.11. The lowest BCUT2D eigenvalue weighted by molar-refractivity contribution is -0.139. The Hall–Kier alpha value is -1.86. The van der Waals surface area contributed by atoms with Crippen molar-refractivity contribution in [3.63, 3.8) is 0 Å². The zero-order valence-electron chi connectivity index (χ0n) is 11.5. The van der Waals surface area contributed by atoms with E-state index in [1.165, 1.54) is 25.3 Å². The van der Waals surface area contributed by atoms with Gasteiger partial charge in [0.15, 0.2) is 4.21 Å². The van der Waals surface area contributed by atoms with E-state index in [1.807, 2.05) is 6.92 Å². The van der Waals surface area contributed by atoms with Crippen LogP contribution in [0.15, 0.2) is 40.6 Å². The molecule has 0 bridgehead atoms. The zero-order valence-corrected chi connectivity index (χ0v) is 13.2. The highest BCUT2D eigenvalue weighted by Crippen LogP contribution is 2.25. The van der Waals surface area contributed by atoms with Crippen molar-refractivity contribution < 1.29 is 22.1 Å². The third-order valence-electron chi connectivity index (χ3n) is 2.67. The zero-order chi connectivity index (χ0) is 15.5. The van der Waals surface area contributed by atoms with Crippen LogP contribution in [0.3, 0.4) is 0 Å². The van der Waals surface area contributed by atoms with Crippen LogP contribution in [0.2, 0.25) is 0 Å². The fourth-order valence-electron chi connectivity index (χ4n) is 1.62. The molecular weight excluding hydrogens is 312 g/mol. The number of esters is 1. The molecule has 2 aromatic rings. The van der Waals surface area contributed by atoms with Gasteiger partial charge in [0.25, 0.3) is 0 Å². The first kappa shape index (κ1) is 15.5. The molecule has 112 valence electrons. The maximum absolute atomic E-state index is 12.0. The summed E-state index contributed by atoms with van der Waals surface area (Å²) in [5.41, 5.74) is 0.721. The second-order valence-corrected chi connectivity index (χ2v) is 7.36. The lowest BCUT2D eigenvalue weighted by Crippen LogP contribution is -2.08. The van der Waals surface area contributed by atoms with Crippen molar-refractivity contribution in [3.05, 3.63) is 46.8 Å². The van der Waals surface area contributed by atoms with Gasteiger partial charge >= 0.3 is 16.1 Å². The Morgan fingerprint density at radius 2 is 1.81 bits per heavy atom. The van der Waals surface area contributed by atoms with Gasteiger partial charge in [-0.15, -0.1) is 11.3 Å². The molecule has 21 heavy (non-hydrogen) atoms. The van der Waals surface area contributed by atoms with Gasteiger partial charge in [0.1, 0.15) is 5.75 Å². The highest BCUT2D eigenvalue weighted by Gasteiger charge is 2.18. The maximum atomic E-state index is 12.0. The van der Waals surface area contributed by atoms with Gasteiger partial charge in [-0.25, -0.2) is 0 Å². The number of thiophene rings is 1. The number of methoxy groups -OCH3 is 1. The smallest absolute Gasteiger partial charge is 0.348 e. The monoisotopic (exact) mass is 326 g/mol. The van der Waals surface area contributed by atoms with Crippen LogP contribution in [0.5, 0.6) is 5.75 Å². The van der Waals surface area contributed by atoms with E-state index in [4.69, 9.17) is 4.18 Å². The fourth-order valence-corrected chi connectivity index (χ4v) is 3.79. The maximum Gasteiger partial charge on any atom is 0.348 e. The van der Waals surface area contributed by atoms with Crippen molar-refractivity contribution in [2.24, 2.45) is 0 Å². The first-order valence-corrected chi connectivity index (χ1v) is 8.30. The molecule has 0 unspecified atom stereocenters. The van der Waals surface area contributed by atoms with Crippen LogP contribution in [-0.4, -0.2) is 21.5 Å². The quantitative estimate of drug-likeness (QED) is 0.624. The fraction of sp³-hybridized carbons (Fsp3) is 0.214. The number of ether oxygens (including phenoxy) is 1. The Labute approximate surface area is 127 Å². The summed E-state index contributed by atoms with van der Waals surface area (Å²) in [4.78, 5) is 12.0. The molecule has 7 heteroatoms. The molecule has 0 saturated carbocycles. The molecule has 0 N–H and O–H groups in total. The lowest BCUT2D eigenvalue weighted by Gasteiger charge is -2.06. The number of carbonyl (C=O) groups excluding carboxylic acids is 1. The predicted molar refractivity (Wildman–Crippen MR) is 79.0 cm³/mol. The number of hydrogen-bond donors (Lipinski definition) is 0. The van der Waals surface area contributed by atoms with Crippen LogP contribution in [-0.2, 0) is 26.1 Å². The van der Waals surface area contributed by atoms with E-state index in [1.54, 1.807) is 18.2 Å². The van der Waals surface area contributed by atoms with Crippen LogP contribution in [0, 0.1) is 6.92 Å². The second kappa shape index (κ2) is 6.28. The lowest BCUT2D eigenvalue weighted by atomic mass is 10.1. The topological polar surface area (TPSA) is 69.7 Å². The van der Waals surface area contributed by atoms with Gasteiger partial charge in [-0.3, -0.25) is 4.79 Å². The Bertz CT molecular complexity index is 729. The minimum Gasteiger partial charge on any atom is -0.469 e. The van der Waals surface area contributed by atoms with Gasteiger partial charge in [-0.2, -0.15) is 8.42 Å². The minimum absolute atomic E-state index is 0.133. The number of aryl methyl sites for hydroxylation is 1. The molecule has 2 rings (SSSR count). The van der Waals surface area contributed by atoms with Gasteiger partial charge in [-0.1, -0.05) is 12.1 Å². The molecule has 0 aliphatic rings. The van der Waals surface area contributed by atoms with Crippen LogP contribution < -0.4 is 4.18 Å². The molecule has 0 fully saturated rings. The highest BCUT2D eigenvalue weighted by molar-refractivity contribution is 7.89. The molecule has 0 amide bonds. The predicted octanol–water partition coefficient (Wildman–Crippen LogP) is 2.54. The molecule has 1 aromatic carbocycles. The standard InChI is InChI=1S/C14H14O5S2/c1-10-3-8-14(20-10)21(16,17)19-12-6-4-11(5-7-12)9-13(15)18-2/h3-8H,9H2,1-2H3. The first-order valence-electron chi connectivity index (χ1n) is 6.07. The van der Waals surface area contributed by atoms with E-state index in [-0.39, 0.29) is 22.3 Å². The van der Waals surface area contributed by atoms with Crippen molar-refractivity contribution in [1.82, 2.24) is 0 Å². The van der Waals surface area contributed by atoms with Crippen molar-refractivity contribution in [2.75, 3.05) is 7.11 Å². The summed E-state index contributed by atoms with van der Waals surface area (Å²) in [6.07, 6.45) is 0.133. The summed E-state index contributed by atoms with van der Waals surface area (Å²) in [6, 6.07) is 9.51. The van der Waals surface area contributed by atoms with Gasteiger partial charge < -0.3 is 8.92 Å². The molecule has 5 nitrogen and oxygen atoms in total. The van der Waals surface area contributed by atoms with E-state index in [2.05, 4.69) is 4.74 Å². The van der Waals surface area contributed by atoms with E-state index < -0.39 is 10.1 Å². The second-order valence-electron chi connectivity index (χ2n) is 4.30. The number of rotatable bonds is 5. The average Bonchev–Trinajstić information content (AvgIpc) is 2.88. The first-order chi connectivity index (χ1) is 9.90. The summed E-state index contributed by atoms with van der Waals surface area (Å²) in [5, 5.41) is 0. The molecule has 0 spiro atoms. The Morgan fingerprint density at radius 3 is 2.33 bits per heavy atom. The molecular formula is C14H14O5S2. The van der Waals surface area contributed by atoms with Crippen molar-refractivity contribution in [1.29, 1.82) is 0 Å². The van der Waals surface area contributed by atoms with Crippen molar-refractivity contribution in [3.8, 4) is 5.75 Å². The molecule has 1 heterocycles. The van der Waals surface area contributed by atoms with Gasteiger partial charge in [0.05, 0.1) is 13.5 Å². The molecule has 0 aliphatic carbocycles. The van der Waals surface area contributed by atoms with E-state index in [0.29, 0.717) is 0 Å². The van der Waals surface area contributed by atoms with Crippen LogP contribution in [0.4, 0.5) is 0 Å². The third-order valence-corrected chi connectivity index (χ3v) is 5.37. The summed E-state index contributed by atoms with van der Waals surface area (Å²) in [7, 11) is -2.49. The third kappa shape index (κ3) is 4.05. The normalized spacial score (nSPS) is 11.1. The summed E-state index contributed by atoms with van der Waals surface area (Å²) >= 11 is 1.15. The molecule has 0 radical (unpaired) electrons. The summed E-state index contributed by atoms with van der Waals surface area (Å²) in [5.74, 6) is -0.153. The molecule has 0 aliphatic heterocycles. The Morgan fingerprint density at radius 1 is 1.14 bits per heavy atom. The number of benzene rings is 1. The van der Waals surface area contributed by atoms with Gasteiger partial charge in [0, 0.05) is 4.88 Å². The van der Waals surface area contributed by atoms with E-state index >= 15 is 0 Å². The van der Waals surface area contributed by atoms with Crippen molar-refractivity contribution >= 4 is 27.4 Å². The van der Waals surface area contributed by atoms with E-state index in [9.17, 15) is 13.2 Å². The number of carbonyl (C=O) groups is 1. The van der Waals surface area contributed by atoms with Crippen molar-refractivity contribution in [2.45, 2.75) is 17.6 Å². The SMILES string of the molecule is COC(=O)Cc1ccc(OS(=O)(=O)c2ccc(C)s2)cc1. The summed E-state index contributed by atoms with van der Waals surface area (Å²) in [6.45, 7) is 1.82.